The average Bonchev–Trinajstić information content (AvgIpc) is 3.32. The van der Waals surface area contributed by atoms with Crippen LogP contribution in [0.2, 0.25) is 0 Å². The Bertz CT molecular complexity index is 1170. The van der Waals surface area contributed by atoms with Crippen LogP contribution in [0, 0.1) is 0 Å². The maximum absolute atomic E-state index is 12.6. The van der Waals surface area contributed by atoms with Crippen LogP contribution < -0.4 is 15.5 Å². The predicted molar refractivity (Wildman–Crippen MR) is 111 cm³/mol. The van der Waals surface area contributed by atoms with E-state index < -0.39 is 29.5 Å². The van der Waals surface area contributed by atoms with Gasteiger partial charge in [-0.1, -0.05) is 0 Å². The molecule has 2 N–H and O–H groups in total. The van der Waals surface area contributed by atoms with Gasteiger partial charge in [-0.25, -0.2) is 10.2 Å². The molecule has 0 saturated heterocycles. The predicted octanol–water partition coefficient (Wildman–Crippen LogP) is 4.00. The number of benzene rings is 2. The van der Waals surface area contributed by atoms with Crippen LogP contribution in [0.4, 0.5) is 18.9 Å². The van der Waals surface area contributed by atoms with Crippen LogP contribution in [0.25, 0.3) is 0 Å². The van der Waals surface area contributed by atoms with Crippen molar-refractivity contribution in [2.75, 3.05) is 5.32 Å². The molecule has 0 bridgehead atoms. The minimum atomic E-state index is -4.51. The van der Waals surface area contributed by atoms with Gasteiger partial charge in [-0.05, 0) is 73.2 Å². The second-order valence-electron chi connectivity index (χ2n) is 6.56. The van der Waals surface area contributed by atoms with Crippen molar-refractivity contribution >= 4 is 29.2 Å². The number of amides is 2. The summed E-state index contributed by atoms with van der Waals surface area (Å²) in [4.78, 5) is 35.7. The summed E-state index contributed by atoms with van der Waals surface area (Å²) < 4.78 is 47.8. The largest absolute Gasteiger partial charge is 0.457 e. The molecular formula is C22H16F3N3O5. The lowest BCUT2D eigenvalue weighted by atomic mass is 10.1. The Morgan fingerprint density at radius 1 is 0.939 bits per heavy atom. The van der Waals surface area contributed by atoms with Gasteiger partial charge in [-0.15, -0.1) is 0 Å². The number of nitrogens with one attached hydrogen (secondary N) is 2. The van der Waals surface area contributed by atoms with Crippen molar-refractivity contribution in [2.24, 2.45) is 5.10 Å². The number of ether oxygens (including phenoxy) is 1. The van der Waals surface area contributed by atoms with Crippen molar-refractivity contribution in [1.29, 1.82) is 0 Å². The van der Waals surface area contributed by atoms with Crippen molar-refractivity contribution in [3.63, 3.8) is 0 Å². The summed E-state index contributed by atoms with van der Waals surface area (Å²) in [6.45, 7) is 1.57. The molecule has 3 aromatic rings. The number of hydrogen-bond acceptors (Lipinski definition) is 6. The van der Waals surface area contributed by atoms with E-state index in [1.54, 1.807) is 25.1 Å². The van der Waals surface area contributed by atoms with E-state index in [4.69, 9.17) is 9.15 Å². The van der Waals surface area contributed by atoms with E-state index in [1.807, 2.05) is 0 Å². The third-order valence-corrected chi connectivity index (χ3v) is 4.21. The van der Waals surface area contributed by atoms with Crippen LogP contribution in [0.15, 0.2) is 76.4 Å². The van der Waals surface area contributed by atoms with Crippen LogP contribution in [-0.2, 0) is 15.8 Å². The molecule has 0 aliphatic carbocycles. The summed E-state index contributed by atoms with van der Waals surface area (Å²) >= 11 is 0. The highest BCUT2D eigenvalue weighted by Gasteiger charge is 2.30. The molecule has 0 spiro atoms. The normalized spacial score (nSPS) is 11.6. The SMILES string of the molecule is C/C(=N\NC(=O)C(=O)Nc1ccc(C(F)(F)F)cc1)c1ccc(OC(=O)c2ccco2)cc1. The molecule has 0 unspecified atom stereocenters. The number of esters is 1. The van der Waals surface area contributed by atoms with Gasteiger partial charge in [0.2, 0.25) is 5.76 Å². The van der Waals surface area contributed by atoms with Crippen LogP contribution in [0.5, 0.6) is 5.75 Å². The third kappa shape index (κ3) is 6.29. The van der Waals surface area contributed by atoms with Gasteiger partial charge in [-0.3, -0.25) is 9.59 Å². The molecule has 8 nitrogen and oxygen atoms in total. The van der Waals surface area contributed by atoms with E-state index in [0.29, 0.717) is 11.3 Å². The highest BCUT2D eigenvalue weighted by atomic mass is 19.4. The van der Waals surface area contributed by atoms with Gasteiger partial charge < -0.3 is 14.5 Å². The smallest absolute Gasteiger partial charge is 0.416 e. The van der Waals surface area contributed by atoms with Gasteiger partial charge in [0.15, 0.2) is 0 Å². The minimum absolute atomic E-state index is 0.0172. The number of anilines is 1. The fourth-order valence-corrected chi connectivity index (χ4v) is 2.50. The van der Waals surface area contributed by atoms with Crippen molar-refractivity contribution in [2.45, 2.75) is 13.1 Å². The van der Waals surface area contributed by atoms with Crippen LogP contribution >= 0.6 is 0 Å². The quantitative estimate of drug-likeness (QED) is 0.197. The summed E-state index contributed by atoms with van der Waals surface area (Å²) in [5, 5.41) is 6.00. The molecule has 0 aliphatic rings. The molecule has 1 heterocycles. The number of carbonyl (C=O) groups excluding carboxylic acids is 3. The van der Waals surface area contributed by atoms with Gasteiger partial charge in [0, 0.05) is 5.69 Å². The minimum Gasteiger partial charge on any atom is -0.457 e. The molecule has 1 aromatic heterocycles. The molecule has 2 amide bonds. The van der Waals surface area contributed by atoms with E-state index in [0.717, 1.165) is 24.3 Å². The molecule has 0 radical (unpaired) electrons. The second-order valence-corrected chi connectivity index (χ2v) is 6.56. The fourth-order valence-electron chi connectivity index (χ4n) is 2.50. The average molecular weight is 459 g/mol. The Labute approximate surface area is 185 Å². The topological polar surface area (TPSA) is 110 Å². The lowest BCUT2D eigenvalue weighted by Gasteiger charge is -2.08. The molecular weight excluding hydrogens is 443 g/mol. The molecule has 0 aliphatic heterocycles. The van der Waals surface area contributed by atoms with Crippen molar-refractivity contribution in [3.05, 3.63) is 83.8 Å². The van der Waals surface area contributed by atoms with Crippen LogP contribution in [-0.4, -0.2) is 23.5 Å². The summed E-state index contributed by atoms with van der Waals surface area (Å²) in [5.41, 5.74) is 2.10. The Kier molecular flexibility index (Phi) is 6.91. The van der Waals surface area contributed by atoms with E-state index in [9.17, 15) is 27.6 Å². The van der Waals surface area contributed by atoms with Gasteiger partial charge in [0.05, 0.1) is 17.5 Å². The van der Waals surface area contributed by atoms with E-state index in [-0.39, 0.29) is 17.2 Å². The molecule has 0 saturated carbocycles. The Morgan fingerprint density at radius 2 is 1.61 bits per heavy atom. The number of halogens is 3. The second kappa shape index (κ2) is 9.81. The number of alkyl halides is 3. The Balaban J connectivity index is 1.54. The van der Waals surface area contributed by atoms with Crippen LogP contribution in [0.1, 0.15) is 28.6 Å². The number of rotatable bonds is 5. The summed E-state index contributed by atoms with van der Waals surface area (Å²) in [7, 11) is 0. The first-order valence-corrected chi connectivity index (χ1v) is 9.32. The van der Waals surface area contributed by atoms with Crippen molar-refractivity contribution < 1.29 is 36.7 Å². The third-order valence-electron chi connectivity index (χ3n) is 4.21. The maximum atomic E-state index is 12.6. The number of hydrogen-bond donors (Lipinski definition) is 2. The first-order valence-electron chi connectivity index (χ1n) is 9.32. The zero-order valence-electron chi connectivity index (χ0n) is 17.0. The van der Waals surface area contributed by atoms with Gasteiger partial charge >= 0.3 is 24.0 Å². The summed E-state index contributed by atoms with van der Waals surface area (Å²) in [6, 6.07) is 12.8. The molecule has 3 rings (SSSR count). The summed E-state index contributed by atoms with van der Waals surface area (Å²) in [6.07, 6.45) is -3.16. The molecule has 0 fully saturated rings. The monoisotopic (exact) mass is 459 g/mol. The highest BCUT2D eigenvalue weighted by Crippen LogP contribution is 2.29. The number of furan rings is 1. The zero-order valence-corrected chi connectivity index (χ0v) is 17.0. The lowest BCUT2D eigenvalue weighted by molar-refractivity contribution is -0.137. The first-order chi connectivity index (χ1) is 15.6. The molecule has 0 atom stereocenters. The standard InChI is InChI=1S/C22H16F3N3O5/c1-13(14-4-10-17(11-5-14)33-21(31)18-3-2-12-32-18)27-28-20(30)19(29)26-16-8-6-15(7-9-16)22(23,24)25/h2-12H,1H3,(H,26,29)(H,28,30)/b27-13+. The van der Waals surface area contributed by atoms with Gasteiger partial charge in [0.1, 0.15) is 5.75 Å². The Hall–Kier alpha value is -4.41. The first kappa shape index (κ1) is 23.3. The molecule has 2 aromatic carbocycles. The maximum Gasteiger partial charge on any atom is 0.416 e. The molecule has 170 valence electrons. The van der Waals surface area contributed by atoms with E-state index in [1.165, 1.54) is 24.5 Å². The zero-order chi connectivity index (χ0) is 24.0. The molecule has 11 heteroatoms. The van der Waals surface area contributed by atoms with Crippen molar-refractivity contribution in [1.82, 2.24) is 5.43 Å². The number of carbonyl (C=O) groups is 3. The van der Waals surface area contributed by atoms with E-state index in [2.05, 4.69) is 15.8 Å². The lowest BCUT2D eigenvalue weighted by Crippen LogP contribution is -2.33. The van der Waals surface area contributed by atoms with Gasteiger partial charge in [0.25, 0.3) is 0 Å². The fraction of sp³-hybridized carbons (Fsp3) is 0.0909. The number of nitrogens with zero attached hydrogens (tertiary/aromatic N) is 1. The molecule has 33 heavy (non-hydrogen) atoms. The Morgan fingerprint density at radius 3 is 2.18 bits per heavy atom. The van der Waals surface area contributed by atoms with Crippen LogP contribution in [0.3, 0.4) is 0 Å². The summed E-state index contributed by atoms with van der Waals surface area (Å²) in [5.74, 6) is -2.57. The highest BCUT2D eigenvalue weighted by molar-refractivity contribution is 6.39. The van der Waals surface area contributed by atoms with E-state index >= 15 is 0 Å². The van der Waals surface area contributed by atoms with Crippen molar-refractivity contribution in [3.8, 4) is 5.75 Å². The number of hydrazone groups is 1. The van der Waals surface area contributed by atoms with Gasteiger partial charge in [-0.2, -0.15) is 18.3 Å².